The monoisotopic (exact) mass is 313 g/mol. The number of nitrogens with one attached hydrogen (secondary N) is 2. The van der Waals surface area contributed by atoms with E-state index < -0.39 is 11.8 Å². The molecule has 0 aliphatic heterocycles. The molecule has 23 heavy (non-hydrogen) atoms. The lowest BCUT2D eigenvalue weighted by molar-refractivity contribution is -0.123. The summed E-state index contributed by atoms with van der Waals surface area (Å²) in [5.74, 6) is -0.205. The Balaban J connectivity index is 1.81. The van der Waals surface area contributed by atoms with Gasteiger partial charge in [-0.15, -0.1) is 0 Å². The minimum Gasteiger partial charge on any atom is -0.483 e. The number of benzene rings is 1. The van der Waals surface area contributed by atoms with Crippen molar-refractivity contribution in [1.29, 1.82) is 0 Å². The Morgan fingerprint density at radius 3 is 2.61 bits per heavy atom. The molecular formula is C17H19N3O3. The lowest BCUT2D eigenvalue weighted by Crippen LogP contribution is -2.43. The minimum atomic E-state index is -0.440. The van der Waals surface area contributed by atoms with E-state index in [4.69, 9.17) is 4.74 Å². The van der Waals surface area contributed by atoms with Gasteiger partial charge in [-0.1, -0.05) is 25.1 Å². The summed E-state index contributed by atoms with van der Waals surface area (Å²) in [6.45, 7) is 3.66. The molecule has 2 amide bonds. The highest BCUT2D eigenvalue weighted by atomic mass is 16.5. The lowest BCUT2D eigenvalue weighted by atomic mass is 10.1. The predicted octanol–water partition coefficient (Wildman–Crippen LogP) is 1.79. The van der Waals surface area contributed by atoms with E-state index in [1.165, 1.54) is 6.20 Å². The van der Waals surface area contributed by atoms with E-state index in [9.17, 15) is 9.59 Å². The highest BCUT2D eigenvalue weighted by Gasteiger charge is 2.09. The van der Waals surface area contributed by atoms with Crippen LogP contribution in [0.5, 0.6) is 5.75 Å². The SMILES string of the molecule is CCc1ccccc1OCC(=O)NNC(=O)c1ccc(C)nc1. The van der Waals surface area contributed by atoms with Crippen LogP contribution in [0.2, 0.25) is 0 Å². The molecule has 0 radical (unpaired) electrons. The lowest BCUT2D eigenvalue weighted by Gasteiger charge is -2.11. The van der Waals surface area contributed by atoms with Crippen molar-refractivity contribution >= 4 is 11.8 Å². The Morgan fingerprint density at radius 1 is 1.13 bits per heavy atom. The molecule has 0 saturated carbocycles. The number of carbonyl (C=O) groups excluding carboxylic acids is 2. The number of carbonyl (C=O) groups is 2. The number of rotatable bonds is 5. The molecule has 2 aromatic rings. The van der Waals surface area contributed by atoms with Crippen LogP contribution in [0.1, 0.15) is 28.5 Å². The first-order chi connectivity index (χ1) is 11.1. The molecule has 1 aromatic heterocycles. The highest BCUT2D eigenvalue weighted by molar-refractivity contribution is 5.95. The number of nitrogens with zero attached hydrogens (tertiary/aromatic N) is 1. The van der Waals surface area contributed by atoms with Crippen LogP contribution in [0, 0.1) is 6.92 Å². The van der Waals surface area contributed by atoms with Crippen LogP contribution in [0.15, 0.2) is 42.6 Å². The molecule has 0 unspecified atom stereocenters. The van der Waals surface area contributed by atoms with E-state index in [1.54, 1.807) is 12.1 Å². The number of ether oxygens (including phenoxy) is 1. The second-order valence-corrected chi connectivity index (χ2v) is 4.94. The fourth-order valence-corrected chi connectivity index (χ4v) is 1.92. The van der Waals surface area contributed by atoms with Crippen molar-refractivity contribution in [2.45, 2.75) is 20.3 Å². The molecule has 2 rings (SSSR count). The minimum absolute atomic E-state index is 0.177. The standard InChI is InChI=1S/C17H19N3O3/c1-3-13-6-4-5-7-15(13)23-11-16(21)19-20-17(22)14-9-8-12(2)18-10-14/h4-10H,3,11H2,1-2H3,(H,19,21)(H,20,22). The maximum atomic E-state index is 11.8. The molecule has 0 saturated heterocycles. The van der Waals surface area contributed by atoms with Crippen LogP contribution in [-0.2, 0) is 11.2 Å². The molecule has 1 heterocycles. The van der Waals surface area contributed by atoms with Crippen molar-refractivity contribution in [2.24, 2.45) is 0 Å². The van der Waals surface area contributed by atoms with E-state index >= 15 is 0 Å². The molecule has 0 atom stereocenters. The summed E-state index contributed by atoms with van der Waals surface area (Å²) in [6.07, 6.45) is 2.26. The molecule has 1 aromatic carbocycles. The van der Waals surface area contributed by atoms with E-state index in [2.05, 4.69) is 15.8 Å². The van der Waals surface area contributed by atoms with Gasteiger partial charge in [0.1, 0.15) is 5.75 Å². The highest BCUT2D eigenvalue weighted by Crippen LogP contribution is 2.17. The topological polar surface area (TPSA) is 80.3 Å². The second-order valence-electron chi connectivity index (χ2n) is 4.94. The van der Waals surface area contributed by atoms with Gasteiger partial charge in [0.15, 0.2) is 6.61 Å². The van der Waals surface area contributed by atoms with Crippen molar-refractivity contribution in [3.63, 3.8) is 0 Å². The van der Waals surface area contributed by atoms with Crippen molar-refractivity contribution in [3.8, 4) is 5.75 Å². The van der Waals surface area contributed by atoms with Crippen LogP contribution in [0.4, 0.5) is 0 Å². The summed E-state index contributed by atoms with van der Waals surface area (Å²) in [4.78, 5) is 27.6. The Bertz CT molecular complexity index is 684. The number of pyridine rings is 1. The van der Waals surface area contributed by atoms with Crippen LogP contribution in [0.3, 0.4) is 0 Å². The van der Waals surface area contributed by atoms with Gasteiger partial charge in [-0.25, -0.2) is 0 Å². The van der Waals surface area contributed by atoms with Gasteiger partial charge in [0.05, 0.1) is 5.56 Å². The molecule has 0 aliphatic rings. The van der Waals surface area contributed by atoms with E-state index in [-0.39, 0.29) is 6.61 Å². The summed E-state index contributed by atoms with van der Waals surface area (Å²) < 4.78 is 5.47. The zero-order chi connectivity index (χ0) is 16.7. The maximum absolute atomic E-state index is 11.8. The van der Waals surface area contributed by atoms with Gasteiger partial charge in [-0.3, -0.25) is 25.4 Å². The van der Waals surface area contributed by atoms with E-state index in [0.29, 0.717) is 11.3 Å². The van der Waals surface area contributed by atoms with Gasteiger partial charge in [0.25, 0.3) is 11.8 Å². The Morgan fingerprint density at radius 2 is 1.91 bits per heavy atom. The summed E-state index contributed by atoms with van der Waals surface area (Å²) in [5.41, 5.74) is 6.84. The van der Waals surface area contributed by atoms with Crippen molar-refractivity contribution < 1.29 is 14.3 Å². The molecule has 0 bridgehead atoms. The summed E-state index contributed by atoms with van der Waals surface area (Å²) >= 11 is 0. The molecular weight excluding hydrogens is 294 g/mol. The zero-order valence-corrected chi connectivity index (χ0v) is 13.1. The van der Waals surface area contributed by atoms with Gasteiger partial charge in [0, 0.05) is 11.9 Å². The number of amides is 2. The third-order valence-electron chi connectivity index (χ3n) is 3.20. The molecule has 0 fully saturated rings. The second kappa shape index (κ2) is 7.93. The number of aryl methyl sites for hydroxylation is 2. The number of aromatic nitrogens is 1. The fourth-order valence-electron chi connectivity index (χ4n) is 1.92. The van der Waals surface area contributed by atoms with Crippen molar-refractivity contribution in [2.75, 3.05) is 6.61 Å². The fraction of sp³-hybridized carbons (Fsp3) is 0.235. The van der Waals surface area contributed by atoms with Gasteiger partial charge < -0.3 is 4.74 Å². The smallest absolute Gasteiger partial charge is 0.276 e. The predicted molar refractivity (Wildman–Crippen MR) is 85.9 cm³/mol. The third kappa shape index (κ3) is 4.81. The number of hydrazine groups is 1. The first kappa shape index (κ1) is 16.5. The quantitative estimate of drug-likeness (QED) is 0.825. The van der Waals surface area contributed by atoms with Crippen molar-refractivity contribution in [1.82, 2.24) is 15.8 Å². The molecule has 120 valence electrons. The first-order valence-electron chi connectivity index (χ1n) is 7.32. The van der Waals surface area contributed by atoms with Crippen LogP contribution >= 0.6 is 0 Å². The van der Waals surface area contributed by atoms with Gasteiger partial charge in [-0.05, 0) is 37.1 Å². The number of hydrogen-bond donors (Lipinski definition) is 2. The largest absolute Gasteiger partial charge is 0.483 e. The first-order valence-corrected chi connectivity index (χ1v) is 7.32. The van der Waals surface area contributed by atoms with E-state index in [0.717, 1.165) is 17.7 Å². The van der Waals surface area contributed by atoms with Crippen LogP contribution in [-0.4, -0.2) is 23.4 Å². The van der Waals surface area contributed by atoms with Gasteiger partial charge in [-0.2, -0.15) is 0 Å². The average molecular weight is 313 g/mol. The Hall–Kier alpha value is -2.89. The van der Waals surface area contributed by atoms with Gasteiger partial charge in [0.2, 0.25) is 0 Å². The number of para-hydroxylation sites is 1. The van der Waals surface area contributed by atoms with Crippen LogP contribution < -0.4 is 15.6 Å². The average Bonchev–Trinajstić information content (AvgIpc) is 2.58. The zero-order valence-electron chi connectivity index (χ0n) is 13.1. The van der Waals surface area contributed by atoms with E-state index in [1.807, 2.05) is 38.1 Å². The molecule has 6 heteroatoms. The Labute approximate surface area is 134 Å². The number of hydrogen-bond acceptors (Lipinski definition) is 4. The normalized spacial score (nSPS) is 10.0. The third-order valence-corrected chi connectivity index (χ3v) is 3.20. The maximum Gasteiger partial charge on any atom is 0.276 e. The van der Waals surface area contributed by atoms with Crippen LogP contribution in [0.25, 0.3) is 0 Å². The summed E-state index contributed by atoms with van der Waals surface area (Å²) in [7, 11) is 0. The molecule has 2 N–H and O–H groups in total. The molecule has 0 aliphatic carbocycles. The Kier molecular flexibility index (Phi) is 5.68. The molecule has 6 nitrogen and oxygen atoms in total. The van der Waals surface area contributed by atoms with Gasteiger partial charge >= 0.3 is 0 Å². The summed E-state index contributed by atoms with van der Waals surface area (Å²) in [5, 5.41) is 0. The molecule has 0 spiro atoms. The summed E-state index contributed by atoms with van der Waals surface area (Å²) in [6, 6.07) is 10.9. The van der Waals surface area contributed by atoms with Crippen molar-refractivity contribution in [3.05, 3.63) is 59.4 Å².